The average molecular weight is 495 g/mol. The van der Waals surface area contributed by atoms with Gasteiger partial charge < -0.3 is 23.7 Å². The van der Waals surface area contributed by atoms with Crippen LogP contribution >= 0.6 is 0 Å². The summed E-state index contributed by atoms with van der Waals surface area (Å²) < 4.78 is 47.9. The van der Waals surface area contributed by atoms with Gasteiger partial charge in [-0.25, -0.2) is 4.39 Å². The van der Waals surface area contributed by atoms with Crippen LogP contribution in [-0.4, -0.2) is 43.0 Å². The molecule has 4 aliphatic carbocycles. The van der Waals surface area contributed by atoms with E-state index in [4.69, 9.17) is 23.7 Å². The highest BCUT2D eigenvalue weighted by atomic mass is 19.1. The lowest BCUT2D eigenvalue weighted by atomic mass is 9.54. The Morgan fingerprint density at radius 2 is 1.47 bits per heavy atom. The molecule has 6 heteroatoms. The van der Waals surface area contributed by atoms with Crippen LogP contribution in [0.1, 0.15) is 55.9 Å². The maximum absolute atomic E-state index is 16.3. The fourth-order valence-electron chi connectivity index (χ4n) is 7.79. The van der Waals surface area contributed by atoms with Gasteiger partial charge in [0.15, 0.2) is 18.8 Å². The Bertz CT molecular complexity index is 997. The summed E-state index contributed by atoms with van der Waals surface area (Å²) in [4.78, 5) is 0. The first-order valence-corrected chi connectivity index (χ1v) is 13.6. The van der Waals surface area contributed by atoms with E-state index in [-0.39, 0.29) is 5.60 Å². The van der Waals surface area contributed by atoms with Gasteiger partial charge in [0.1, 0.15) is 18.3 Å². The van der Waals surface area contributed by atoms with Gasteiger partial charge in [0.2, 0.25) is 0 Å². The van der Waals surface area contributed by atoms with Gasteiger partial charge in [-0.05, 0) is 61.8 Å². The zero-order chi connectivity index (χ0) is 24.1. The molecule has 4 saturated carbocycles. The van der Waals surface area contributed by atoms with E-state index in [0.29, 0.717) is 31.0 Å². The van der Waals surface area contributed by atoms with Gasteiger partial charge in [0, 0.05) is 5.56 Å². The molecule has 2 aromatic carbocycles. The second-order valence-corrected chi connectivity index (χ2v) is 11.6. The standard InChI is InChI=1S/C30H35FO5/c31-25-27(32-17-19-7-3-1-4-8-19)26-24(18-33-28(35-26)23-9-5-2-6-10-23)34-29(25)36-30-14-20-11-21(15-30)13-22(12-20)16-30/h1-10,20-22,24-29H,11-18H2/t20?,21?,22?,24-,25-,26-,27-,28?,29?,30?/m1/s1. The minimum Gasteiger partial charge on any atom is -0.367 e. The normalized spacial score (nSPS) is 43.3. The molecule has 2 aliphatic heterocycles. The lowest BCUT2D eigenvalue weighted by molar-refractivity contribution is -0.378. The Hall–Kier alpha value is -1.83. The largest absolute Gasteiger partial charge is 0.367 e. The Labute approximate surface area is 212 Å². The summed E-state index contributed by atoms with van der Waals surface area (Å²) >= 11 is 0. The van der Waals surface area contributed by atoms with Crippen molar-refractivity contribution in [1.82, 2.24) is 0 Å². The van der Waals surface area contributed by atoms with Crippen LogP contribution < -0.4 is 0 Å². The van der Waals surface area contributed by atoms with Gasteiger partial charge in [-0.2, -0.15) is 0 Å². The van der Waals surface area contributed by atoms with Gasteiger partial charge in [-0.15, -0.1) is 0 Å². The number of hydrogen-bond donors (Lipinski definition) is 0. The Morgan fingerprint density at radius 3 is 2.14 bits per heavy atom. The van der Waals surface area contributed by atoms with Crippen LogP contribution in [0.4, 0.5) is 4.39 Å². The van der Waals surface area contributed by atoms with Crippen LogP contribution in [0.2, 0.25) is 0 Å². The Morgan fingerprint density at radius 1 is 0.833 bits per heavy atom. The van der Waals surface area contributed by atoms with Crippen LogP contribution in [0.15, 0.2) is 60.7 Å². The van der Waals surface area contributed by atoms with Crippen LogP contribution in [-0.2, 0) is 30.3 Å². The first-order chi connectivity index (χ1) is 17.6. The van der Waals surface area contributed by atoms with Gasteiger partial charge in [-0.3, -0.25) is 0 Å². The second kappa shape index (κ2) is 9.48. The molecule has 0 N–H and O–H groups in total. The molecule has 8 rings (SSSR count). The molecule has 2 aromatic rings. The topological polar surface area (TPSA) is 46.2 Å². The van der Waals surface area contributed by atoms with Crippen molar-refractivity contribution in [1.29, 1.82) is 0 Å². The molecule has 2 saturated heterocycles. The summed E-state index contributed by atoms with van der Waals surface area (Å²) in [5.74, 6) is 2.14. The molecule has 0 aromatic heterocycles. The molecule has 5 nitrogen and oxygen atoms in total. The molecular weight excluding hydrogens is 459 g/mol. The predicted octanol–water partition coefficient (Wildman–Crippen LogP) is 5.73. The molecule has 0 radical (unpaired) electrons. The van der Waals surface area contributed by atoms with Crippen molar-refractivity contribution in [3.63, 3.8) is 0 Å². The average Bonchev–Trinajstić information content (AvgIpc) is 2.89. The van der Waals surface area contributed by atoms with Crippen LogP contribution in [0.3, 0.4) is 0 Å². The molecule has 6 aliphatic rings. The summed E-state index contributed by atoms with van der Waals surface area (Å²) in [6, 6.07) is 19.6. The van der Waals surface area contributed by atoms with E-state index in [1.54, 1.807) is 0 Å². The van der Waals surface area contributed by atoms with Crippen molar-refractivity contribution in [3.8, 4) is 0 Å². The maximum Gasteiger partial charge on any atom is 0.192 e. The fraction of sp³-hybridized carbons (Fsp3) is 0.600. The Kier molecular flexibility index (Phi) is 6.14. The molecule has 2 unspecified atom stereocenters. The highest BCUT2D eigenvalue weighted by Gasteiger charge is 2.57. The van der Waals surface area contributed by atoms with Gasteiger partial charge in [0.25, 0.3) is 0 Å². The summed E-state index contributed by atoms with van der Waals surface area (Å²) in [5.41, 5.74) is 1.64. The summed E-state index contributed by atoms with van der Waals surface area (Å²) in [6.45, 7) is 0.613. The number of alkyl halides is 1. The third-order valence-electron chi connectivity index (χ3n) is 8.97. The van der Waals surface area contributed by atoms with E-state index >= 15 is 4.39 Å². The molecule has 6 atom stereocenters. The number of halogens is 1. The highest BCUT2D eigenvalue weighted by Crippen LogP contribution is 2.58. The lowest BCUT2D eigenvalue weighted by Crippen LogP contribution is -2.64. The molecule has 0 spiro atoms. The van der Waals surface area contributed by atoms with Crippen molar-refractivity contribution in [2.24, 2.45) is 17.8 Å². The quantitative estimate of drug-likeness (QED) is 0.513. The first kappa shape index (κ1) is 23.3. The van der Waals surface area contributed by atoms with E-state index in [9.17, 15) is 0 Å². The lowest BCUT2D eigenvalue weighted by Gasteiger charge is -2.58. The fourth-order valence-corrected chi connectivity index (χ4v) is 7.79. The second-order valence-electron chi connectivity index (χ2n) is 11.6. The van der Waals surface area contributed by atoms with E-state index in [2.05, 4.69) is 0 Å². The third kappa shape index (κ3) is 4.41. The number of hydrogen-bond acceptors (Lipinski definition) is 5. The van der Waals surface area contributed by atoms with E-state index < -0.39 is 37.1 Å². The molecule has 4 bridgehead atoms. The minimum atomic E-state index is -1.45. The highest BCUT2D eigenvalue weighted by molar-refractivity contribution is 5.17. The van der Waals surface area contributed by atoms with Gasteiger partial charge in [0.05, 0.1) is 18.8 Å². The zero-order valence-corrected chi connectivity index (χ0v) is 20.5. The predicted molar refractivity (Wildman–Crippen MR) is 131 cm³/mol. The van der Waals surface area contributed by atoms with Crippen LogP contribution in [0, 0.1) is 17.8 Å². The van der Waals surface area contributed by atoms with Crippen molar-refractivity contribution >= 4 is 0 Å². The third-order valence-corrected chi connectivity index (χ3v) is 8.97. The van der Waals surface area contributed by atoms with Crippen LogP contribution in [0.25, 0.3) is 0 Å². The molecule has 2 heterocycles. The van der Waals surface area contributed by atoms with Gasteiger partial charge in [-0.1, -0.05) is 60.7 Å². The first-order valence-electron chi connectivity index (χ1n) is 13.6. The van der Waals surface area contributed by atoms with E-state index in [1.165, 1.54) is 19.3 Å². The summed E-state index contributed by atoms with van der Waals surface area (Å²) in [7, 11) is 0. The SMILES string of the molecule is F[C@H]1C(OC23CC4CC(CC(C4)C2)C3)O[C@@H]2COC(c3ccccc3)O[C@H]2[C@@H]1OCc1ccccc1. The van der Waals surface area contributed by atoms with Crippen LogP contribution in [0.5, 0.6) is 0 Å². The number of rotatable bonds is 6. The van der Waals surface area contributed by atoms with E-state index in [0.717, 1.165) is 30.4 Å². The minimum absolute atomic E-state index is 0.260. The van der Waals surface area contributed by atoms with Crippen molar-refractivity contribution in [3.05, 3.63) is 71.8 Å². The van der Waals surface area contributed by atoms with Gasteiger partial charge >= 0.3 is 0 Å². The van der Waals surface area contributed by atoms with E-state index in [1.807, 2.05) is 60.7 Å². The number of benzene rings is 2. The Balaban J connectivity index is 1.12. The molecule has 0 amide bonds. The zero-order valence-electron chi connectivity index (χ0n) is 20.5. The summed E-state index contributed by atoms with van der Waals surface area (Å²) in [5, 5.41) is 0. The maximum atomic E-state index is 16.3. The van der Waals surface area contributed by atoms with Crippen molar-refractivity contribution in [2.45, 2.75) is 87.8 Å². The summed E-state index contributed by atoms with van der Waals surface area (Å²) in [6.07, 6.45) is 2.17. The monoisotopic (exact) mass is 494 g/mol. The van der Waals surface area contributed by atoms with Crippen molar-refractivity contribution in [2.75, 3.05) is 6.61 Å². The molecule has 192 valence electrons. The number of ether oxygens (including phenoxy) is 5. The van der Waals surface area contributed by atoms with Crippen molar-refractivity contribution < 1.29 is 28.1 Å². The smallest absolute Gasteiger partial charge is 0.192 e. The number of fused-ring (bicyclic) bond motifs is 1. The molecule has 6 fully saturated rings. The molecular formula is C30H35FO5. The molecule has 36 heavy (non-hydrogen) atoms.